The van der Waals surface area contributed by atoms with Gasteiger partial charge in [-0.15, -0.1) is 11.3 Å². The van der Waals surface area contributed by atoms with Gasteiger partial charge in [0.1, 0.15) is 12.1 Å². The first kappa shape index (κ1) is 16.0. The molecule has 0 aromatic carbocycles. The van der Waals surface area contributed by atoms with Gasteiger partial charge in [-0.05, 0) is 39.5 Å². The highest BCUT2D eigenvalue weighted by molar-refractivity contribution is 7.11. The minimum Gasteiger partial charge on any atom is -0.350 e. The maximum atomic E-state index is 4.56. The normalized spacial score (nSPS) is 19.6. The summed E-state index contributed by atoms with van der Waals surface area (Å²) in [6.45, 7) is 7.51. The van der Waals surface area contributed by atoms with Crippen molar-refractivity contribution in [2.45, 2.75) is 58.2 Å². The van der Waals surface area contributed by atoms with E-state index in [0.29, 0.717) is 12.1 Å². The van der Waals surface area contributed by atoms with Crippen molar-refractivity contribution in [2.75, 3.05) is 18.0 Å². The summed E-state index contributed by atoms with van der Waals surface area (Å²) in [6, 6.07) is 3.45. The fourth-order valence-corrected chi connectivity index (χ4v) is 4.50. The summed E-state index contributed by atoms with van der Waals surface area (Å²) in [5, 5.41) is 1.17. The predicted octanol–water partition coefficient (Wildman–Crippen LogP) is 3.18. The van der Waals surface area contributed by atoms with Crippen LogP contribution in [0, 0.1) is 13.8 Å². The smallest absolute Gasteiger partial charge is 0.132 e. The number of piperidine rings is 1. The first-order valence-electron chi connectivity index (χ1n) is 8.89. The molecule has 1 saturated carbocycles. The molecule has 3 heterocycles. The van der Waals surface area contributed by atoms with E-state index in [1.807, 2.05) is 17.5 Å². The van der Waals surface area contributed by atoms with Gasteiger partial charge >= 0.3 is 0 Å². The number of aromatic nitrogens is 3. The lowest BCUT2D eigenvalue weighted by Gasteiger charge is -2.39. The van der Waals surface area contributed by atoms with E-state index in [9.17, 15) is 0 Å². The topological polar surface area (TPSA) is 45.2 Å². The summed E-state index contributed by atoms with van der Waals surface area (Å²) in [6.07, 6.45) is 8.80. The second-order valence-corrected chi connectivity index (χ2v) is 8.33. The molecule has 0 spiro atoms. The van der Waals surface area contributed by atoms with Gasteiger partial charge in [0, 0.05) is 54.6 Å². The minimum atomic E-state index is 0.617. The molecule has 6 heteroatoms. The van der Waals surface area contributed by atoms with Gasteiger partial charge in [0.25, 0.3) is 0 Å². The molecule has 0 atom stereocenters. The lowest BCUT2D eigenvalue weighted by Crippen LogP contribution is -2.46. The number of likely N-dealkylation sites (tertiary alicyclic amines) is 1. The van der Waals surface area contributed by atoms with Crippen molar-refractivity contribution in [1.29, 1.82) is 0 Å². The Bertz CT molecular complexity index is 688. The fraction of sp³-hybridized carbons (Fsp3) is 0.611. The summed E-state index contributed by atoms with van der Waals surface area (Å²) < 4.78 is 0. The quantitative estimate of drug-likeness (QED) is 0.834. The van der Waals surface area contributed by atoms with Crippen molar-refractivity contribution in [3.05, 3.63) is 34.2 Å². The molecule has 0 amide bonds. The van der Waals surface area contributed by atoms with E-state index in [2.05, 4.69) is 44.7 Å². The molecular weight excluding hydrogens is 318 g/mol. The molecule has 2 aromatic heterocycles. The molecule has 128 valence electrons. The fourth-order valence-electron chi connectivity index (χ4n) is 3.66. The van der Waals surface area contributed by atoms with E-state index in [4.69, 9.17) is 0 Å². The molecule has 0 bridgehead atoms. The van der Waals surface area contributed by atoms with Crippen LogP contribution in [0.5, 0.6) is 0 Å². The first-order valence-corrected chi connectivity index (χ1v) is 9.71. The minimum absolute atomic E-state index is 0.617. The van der Waals surface area contributed by atoms with Gasteiger partial charge in [-0.1, -0.05) is 0 Å². The standard InChI is InChI=1S/C18H25N5S/c1-13-9-18(21-12-20-13)23(15-3-4-15)16-5-7-22(8-6-16)11-17-10-19-14(2)24-17/h9-10,12,15-16H,3-8,11H2,1-2H3. The molecule has 4 rings (SSSR count). The van der Waals surface area contributed by atoms with Crippen LogP contribution in [0.2, 0.25) is 0 Å². The third-order valence-corrected chi connectivity index (χ3v) is 5.89. The third-order valence-electron chi connectivity index (χ3n) is 4.99. The predicted molar refractivity (Wildman–Crippen MR) is 97.4 cm³/mol. The van der Waals surface area contributed by atoms with Crippen molar-refractivity contribution < 1.29 is 0 Å². The van der Waals surface area contributed by atoms with Gasteiger partial charge in [0.15, 0.2) is 0 Å². The van der Waals surface area contributed by atoms with Gasteiger partial charge in [0.05, 0.1) is 5.01 Å². The van der Waals surface area contributed by atoms with Crippen molar-refractivity contribution in [1.82, 2.24) is 19.9 Å². The van der Waals surface area contributed by atoms with Gasteiger partial charge in [-0.3, -0.25) is 4.90 Å². The van der Waals surface area contributed by atoms with E-state index in [-0.39, 0.29) is 0 Å². The Morgan fingerprint density at radius 2 is 1.83 bits per heavy atom. The average molecular weight is 344 g/mol. The number of rotatable bonds is 5. The maximum Gasteiger partial charge on any atom is 0.132 e. The summed E-state index contributed by atoms with van der Waals surface area (Å²) >= 11 is 1.82. The van der Waals surface area contributed by atoms with Gasteiger partial charge in [-0.2, -0.15) is 0 Å². The molecule has 1 aliphatic carbocycles. The van der Waals surface area contributed by atoms with Crippen LogP contribution < -0.4 is 4.90 Å². The average Bonchev–Trinajstić information content (AvgIpc) is 3.32. The van der Waals surface area contributed by atoms with Gasteiger partial charge in [0.2, 0.25) is 0 Å². The highest BCUT2D eigenvalue weighted by Gasteiger charge is 2.36. The van der Waals surface area contributed by atoms with Crippen LogP contribution in [0.25, 0.3) is 0 Å². The number of thiazole rings is 1. The van der Waals surface area contributed by atoms with Crippen LogP contribution >= 0.6 is 11.3 Å². The Morgan fingerprint density at radius 1 is 1.08 bits per heavy atom. The molecule has 0 unspecified atom stereocenters. The lowest BCUT2D eigenvalue weighted by molar-refractivity contribution is 0.202. The Labute approximate surface area is 147 Å². The number of hydrogen-bond acceptors (Lipinski definition) is 6. The van der Waals surface area contributed by atoms with Crippen LogP contribution in [0.3, 0.4) is 0 Å². The van der Waals surface area contributed by atoms with Crippen molar-refractivity contribution >= 4 is 17.2 Å². The van der Waals surface area contributed by atoms with E-state index in [0.717, 1.165) is 31.1 Å². The zero-order valence-electron chi connectivity index (χ0n) is 14.5. The molecule has 5 nitrogen and oxygen atoms in total. The third kappa shape index (κ3) is 3.59. The number of nitrogens with zero attached hydrogens (tertiary/aromatic N) is 5. The molecule has 2 aromatic rings. The molecule has 0 N–H and O–H groups in total. The summed E-state index contributed by atoms with van der Waals surface area (Å²) in [5.41, 5.74) is 1.06. The Hall–Kier alpha value is -1.53. The van der Waals surface area contributed by atoms with Crippen LogP contribution in [0.4, 0.5) is 5.82 Å². The summed E-state index contributed by atoms with van der Waals surface area (Å²) in [5.74, 6) is 1.13. The second-order valence-electron chi connectivity index (χ2n) is 7.01. The van der Waals surface area contributed by atoms with E-state index in [1.165, 1.54) is 35.6 Å². The van der Waals surface area contributed by atoms with Crippen LogP contribution in [0.1, 0.15) is 41.3 Å². The zero-order valence-corrected chi connectivity index (χ0v) is 15.3. The monoisotopic (exact) mass is 343 g/mol. The summed E-state index contributed by atoms with van der Waals surface area (Å²) in [7, 11) is 0. The largest absolute Gasteiger partial charge is 0.350 e. The highest BCUT2D eigenvalue weighted by atomic mass is 32.1. The molecule has 2 fully saturated rings. The van der Waals surface area contributed by atoms with Crippen molar-refractivity contribution in [3.63, 3.8) is 0 Å². The molecule has 1 saturated heterocycles. The summed E-state index contributed by atoms with van der Waals surface area (Å²) in [4.78, 5) is 19.7. The molecule has 0 radical (unpaired) electrons. The molecular formula is C18H25N5S. The highest BCUT2D eigenvalue weighted by Crippen LogP contribution is 2.35. The van der Waals surface area contributed by atoms with Crippen molar-refractivity contribution in [3.8, 4) is 0 Å². The van der Waals surface area contributed by atoms with Gasteiger partial charge in [-0.25, -0.2) is 15.0 Å². The Balaban J connectivity index is 1.40. The molecule has 1 aliphatic heterocycles. The first-order chi connectivity index (χ1) is 11.7. The van der Waals surface area contributed by atoms with E-state index >= 15 is 0 Å². The maximum absolute atomic E-state index is 4.56. The zero-order chi connectivity index (χ0) is 16.5. The molecule has 2 aliphatic rings. The van der Waals surface area contributed by atoms with E-state index < -0.39 is 0 Å². The van der Waals surface area contributed by atoms with Crippen LogP contribution in [0.15, 0.2) is 18.6 Å². The van der Waals surface area contributed by atoms with Crippen molar-refractivity contribution in [2.24, 2.45) is 0 Å². The Morgan fingerprint density at radius 3 is 2.46 bits per heavy atom. The second kappa shape index (κ2) is 6.76. The van der Waals surface area contributed by atoms with Crippen LogP contribution in [-0.2, 0) is 6.54 Å². The number of anilines is 1. The number of hydrogen-bond donors (Lipinski definition) is 0. The van der Waals surface area contributed by atoms with E-state index in [1.54, 1.807) is 6.33 Å². The van der Waals surface area contributed by atoms with Crippen LogP contribution in [-0.4, -0.2) is 45.0 Å². The number of aryl methyl sites for hydroxylation is 2. The van der Waals surface area contributed by atoms with Gasteiger partial charge < -0.3 is 4.90 Å². The lowest BCUT2D eigenvalue weighted by atomic mass is 10.0. The Kier molecular flexibility index (Phi) is 4.50. The SMILES string of the molecule is Cc1cc(N(C2CC2)C2CCN(Cc3cnc(C)s3)CC2)ncn1. The molecule has 24 heavy (non-hydrogen) atoms.